The van der Waals surface area contributed by atoms with Crippen molar-refractivity contribution in [2.45, 2.75) is 44.9 Å². The highest BCUT2D eigenvalue weighted by Crippen LogP contribution is 2.37. The molecule has 0 bridgehead atoms. The van der Waals surface area contributed by atoms with Crippen LogP contribution in [0, 0.1) is 0 Å². The molecule has 118 valence electrons. The van der Waals surface area contributed by atoms with Gasteiger partial charge >= 0.3 is 5.97 Å². The Kier molecular flexibility index (Phi) is 6.83. The highest BCUT2D eigenvalue weighted by molar-refractivity contribution is 7.98. The van der Waals surface area contributed by atoms with E-state index in [1.54, 1.807) is 11.3 Å². The maximum atomic E-state index is 12.0. The van der Waals surface area contributed by atoms with Crippen molar-refractivity contribution in [2.75, 3.05) is 30.5 Å². The second-order valence-electron chi connectivity index (χ2n) is 5.15. The van der Waals surface area contributed by atoms with Crippen molar-refractivity contribution in [2.24, 2.45) is 0 Å². The Morgan fingerprint density at radius 3 is 3.14 bits per heavy atom. The van der Waals surface area contributed by atoms with Crippen molar-refractivity contribution in [3.05, 3.63) is 10.6 Å². The van der Waals surface area contributed by atoms with Crippen LogP contribution < -0.4 is 5.32 Å². The molecule has 1 aromatic heterocycles. The number of esters is 1. The molecule has 1 N–H and O–H groups in total. The molecule has 0 radical (unpaired) electrons. The summed E-state index contributed by atoms with van der Waals surface area (Å²) >= 11 is 3.59. The fourth-order valence-corrected chi connectivity index (χ4v) is 4.12. The summed E-state index contributed by atoms with van der Waals surface area (Å²) in [4.78, 5) is 17.9. The van der Waals surface area contributed by atoms with Crippen molar-refractivity contribution in [3.8, 4) is 0 Å². The molecule has 0 saturated heterocycles. The number of hydrogen-bond acceptors (Lipinski definition) is 6. The molecule has 1 aliphatic rings. The Bertz CT molecular complexity index is 463. The zero-order valence-electron chi connectivity index (χ0n) is 12.8. The van der Waals surface area contributed by atoms with Crippen molar-refractivity contribution in [1.82, 2.24) is 4.98 Å². The first kappa shape index (κ1) is 16.6. The van der Waals surface area contributed by atoms with Gasteiger partial charge in [0.05, 0.1) is 12.3 Å². The Balaban J connectivity index is 1.93. The number of aryl methyl sites for hydroxylation is 1. The third kappa shape index (κ3) is 4.61. The Morgan fingerprint density at radius 2 is 2.38 bits per heavy atom. The summed E-state index contributed by atoms with van der Waals surface area (Å²) in [5.74, 6) is 0.938. The van der Waals surface area contributed by atoms with Crippen molar-refractivity contribution < 1.29 is 9.53 Å². The Hall–Kier alpha value is -0.750. The van der Waals surface area contributed by atoms with Crippen LogP contribution in [0.15, 0.2) is 0 Å². The molecule has 0 aliphatic heterocycles. The molecule has 0 amide bonds. The van der Waals surface area contributed by atoms with Gasteiger partial charge in [-0.3, -0.25) is 4.79 Å². The van der Waals surface area contributed by atoms with Crippen LogP contribution in [0.5, 0.6) is 0 Å². The number of hydrogen-bond donors (Lipinski definition) is 1. The number of thioether (sulfide) groups is 1. The van der Waals surface area contributed by atoms with Crippen LogP contribution in [-0.2, 0) is 16.0 Å². The minimum Gasteiger partial charge on any atom is -0.465 e. The van der Waals surface area contributed by atoms with Gasteiger partial charge in [0.1, 0.15) is 5.92 Å². The van der Waals surface area contributed by atoms with E-state index >= 15 is 0 Å². The first-order valence-corrected chi connectivity index (χ1v) is 9.86. The fraction of sp³-hybridized carbons (Fsp3) is 0.733. The van der Waals surface area contributed by atoms with E-state index in [1.165, 1.54) is 17.1 Å². The molecule has 21 heavy (non-hydrogen) atoms. The van der Waals surface area contributed by atoms with Crippen LogP contribution in [0.4, 0.5) is 5.13 Å². The Morgan fingerprint density at radius 1 is 1.52 bits per heavy atom. The van der Waals surface area contributed by atoms with E-state index in [1.807, 2.05) is 18.7 Å². The normalized spacial score (nSPS) is 17.3. The standard InChI is InChI=1S/C15H24N2O2S2/c1-3-19-14(18)11-7-6-8-12-13(11)17-15(21-12)16-9-4-5-10-20-2/h11H,3-10H2,1-2H3,(H,16,17). The maximum absolute atomic E-state index is 12.0. The van der Waals surface area contributed by atoms with Crippen LogP contribution in [0.3, 0.4) is 0 Å². The van der Waals surface area contributed by atoms with E-state index in [0.29, 0.717) is 6.61 Å². The number of rotatable bonds is 8. The number of unbranched alkanes of at least 4 members (excludes halogenated alkanes) is 1. The van der Waals surface area contributed by atoms with Crippen LogP contribution in [0.2, 0.25) is 0 Å². The summed E-state index contributed by atoms with van der Waals surface area (Å²) in [6.07, 6.45) is 7.47. The van der Waals surface area contributed by atoms with Crippen LogP contribution in [0.1, 0.15) is 49.1 Å². The lowest BCUT2D eigenvalue weighted by Gasteiger charge is -2.19. The quantitative estimate of drug-likeness (QED) is 0.583. The number of anilines is 1. The van der Waals surface area contributed by atoms with Crippen LogP contribution in [-0.4, -0.2) is 36.1 Å². The summed E-state index contributed by atoms with van der Waals surface area (Å²) in [7, 11) is 0. The molecule has 0 aromatic carbocycles. The maximum Gasteiger partial charge on any atom is 0.315 e. The average molecular weight is 329 g/mol. The second kappa shape index (κ2) is 8.63. The van der Waals surface area contributed by atoms with E-state index in [4.69, 9.17) is 4.74 Å². The van der Waals surface area contributed by atoms with E-state index in [2.05, 4.69) is 16.6 Å². The van der Waals surface area contributed by atoms with Crippen LogP contribution >= 0.6 is 23.1 Å². The average Bonchev–Trinajstić information content (AvgIpc) is 2.89. The third-order valence-corrected chi connectivity index (χ3v) is 5.36. The zero-order chi connectivity index (χ0) is 15.1. The number of ether oxygens (including phenoxy) is 1. The SMILES string of the molecule is CCOC(=O)C1CCCc2sc(NCCCCSC)nc21. The lowest BCUT2D eigenvalue weighted by molar-refractivity contribution is -0.145. The molecule has 1 aliphatic carbocycles. The molecule has 1 unspecified atom stereocenters. The van der Waals surface area contributed by atoms with Crippen molar-refractivity contribution in [3.63, 3.8) is 0 Å². The van der Waals surface area contributed by atoms with Gasteiger partial charge in [-0.05, 0) is 51.0 Å². The number of carbonyl (C=O) groups excluding carboxylic acids is 1. The number of fused-ring (bicyclic) bond motifs is 1. The first-order valence-electron chi connectivity index (χ1n) is 7.65. The number of nitrogens with one attached hydrogen (secondary N) is 1. The molecule has 1 aromatic rings. The molecule has 1 heterocycles. The van der Waals surface area contributed by atoms with Gasteiger partial charge in [0.15, 0.2) is 5.13 Å². The summed E-state index contributed by atoms with van der Waals surface area (Å²) in [6, 6.07) is 0. The van der Waals surface area contributed by atoms with E-state index in [-0.39, 0.29) is 11.9 Å². The molecular formula is C15H24N2O2S2. The highest BCUT2D eigenvalue weighted by Gasteiger charge is 2.31. The minimum absolute atomic E-state index is 0.115. The lowest BCUT2D eigenvalue weighted by Crippen LogP contribution is -2.20. The summed E-state index contributed by atoms with van der Waals surface area (Å²) in [6.45, 7) is 3.25. The lowest BCUT2D eigenvalue weighted by atomic mass is 9.91. The van der Waals surface area contributed by atoms with Gasteiger partial charge in [-0.1, -0.05) is 0 Å². The van der Waals surface area contributed by atoms with Gasteiger partial charge in [-0.15, -0.1) is 11.3 Å². The van der Waals surface area contributed by atoms with Crippen molar-refractivity contribution >= 4 is 34.2 Å². The third-order valence-electron chi connectivity index (χ3n) is 3.58. The number of carbonyl (C=O) groups is 1. The topological polar surface area (TPSA) is 51.2 Å². The molecule has 0 fully saturated rings. The highest BCUT2D eigenvalue weighted by atomic mass is 32.2. The summed E-state index contributed by atoms with van der Waals surface area (Å²) < 4.78 is 5.18. The molecule has 1 atom stereocenters. The predicted molar refractivity (Wildman–Crippen MR) is 90.5 cm³/mol. The van der Waals surface area contributed by atoms with Crippen molar-refractivity contribution in [1.29, 1.82) is 0 Å². The molecule has 2 rings (SSSR count). The fourth-order valence-electron chi connectivity index (χ4n) is 2.53. The predicted octanol–water partition coefficient (Wildman–Crippen LogP) is 3.68. The van der Waals surface area contributed by atoms with Gasteiger partial charge in [-0.25, -0.2) is 4.98 Å². The Labute approximate surface area is 135 Å². The van der Waals surface area contributed by atoms with E-state index in [9.17, 15) is 4.79 Å². The minimum atomic E-state index is -0.156. The smallest absolute Gasteiger partial charge is 0.315 e. The van der Waals surface area contributed by atoms with Gasteiger partial charge in [0, 0.05) is 11.4 Å². The number of aromatic nitrogens is 1. The van der Waals surface area contributed by atoms with Gasteiger partial charge in [0.25, 0.3) is 0 Å². The molecule has 6 heteroatoms. The largest absolute Gasteiger partial charge is 0.465 e. The molecule has 4 nitrogen and oxygen atoms in total. The summed E-state index contributed by atoms with van der Waals surface area (Å²) in [5.41, 5.74) is 0.955. The second-order valence-corrected chi connectivity index (χ2v) is 7.22. The summed E-state index contributed by atoms with van der Waals surface area (Å²) in [5, 5.41) is 4.36. The van der Waals surface area contributed by atoms with Gasteiger partial charge in [0.2, 0.25) is 0 Å². The molecule has 0 spiro atoms. The number of thiazole rings is 1. The monoisotopic (exact) mass is 328 g/mol. The van der Waals surface area contributed by atoms with Gasteiger partial charge in [-0.2, -0.15) is 11.8 Å². The van der Waals surface area contributed by atoms with Gasteiger partial charge < -0.3 is 10.1 Å². The number of nitrogens with zero attached hydrogens (tertiary/aromatic N) is 1. The van der Waals surface area contributed by atoms with E-state index < -0.39 is 0 Å². The van der Waals surface area contributed by atoms with E-state index in [0.717, 1.165) is 43.1 Å². The molecule has 0 saturated carbocycles. The first-order chi connectivity index (χ1) is 10.3. The van der Waals surface area contributed by atoms with Crippen LogP contribution in [0.25, 0.3) is 0 Å². The molecular weight excluding hydrogens is 304 g/mol. The zero-order valence-corrected chi connectivity index (χ0v) is 14.4.